The van der Waals surface area contributed by atoms with Crippen LogP contribution in [0.25, 0.3) is 0 Å². The molecule has 12 heavy (non-hydrogen) atoms. The van der Waals surface area contributed by atoms with E-state index >= 15 is 0 Å². The molecule has 66 valence electrons. The van der Waals surface area contributed by atoms with Crippen molar-refractivity contribution >= 4 is 5.97 Å². The second-order valence-corrected chi connectivity index (χ2v) is 2.35. The first-order valence-corrected chi connectivity index (χ1v) is 3.52. The van der Waals surface area contributed by atoms with Crippen molar-refractivity contribution in [3.05, 3.63) is 24.2 Å². The molecule has 4 nitrogen and oxygen atoms in total. The fourth-order valence-electron chi connectivity index (χ4n) is 0.883. The van der Waals surface area contributed by atoms with Crippen molar-refractivity contribution in [3.8, 4) is 0 Å². The van der Waals surface area contributed by atoms with Crippen LogP contribution in [-0.4, -0.2) is 24.3 Å². The van der Waals surface area contributed by atoms with Crippen LogP contribution >= 0.6 is 0 Å². The lowest BCUT2D eigenvalue weighted by atomic mass is 10.2. The molecule has 0 spiro atoms. The van der Waals surface area contributed by atoms with Crippen LogP contribution in [0.5, 0.6) is 0 Å². The van der Waals surface area contributed by atoms with E-state index in [0.29, 0.717) is 5.76 Å². The maximum atomic E-state index is 10.5. The van der Waals surface area contributed by atoms with Gasteiger partial charge in [0.25, 0.3) is 0 Å². The molecule has 0 saturated carbocycles. The minimum Gasteiger partial charge on any atom is -0.479 e. The van der Waals surface area contributed by atoms with Gasteiger partial charge in [-0.1, -0.05) is 0 Å². The summed E-state index contributed by atoms with van der Waals surface area (Å²) < 4.78 is 9.70. The Morgan fingerprint density at radius 2 is 2.58 bits per heavy atom. The minimum absolute atomic E-state index is 0.263. The highest BCUT2D eigenvalue weighted by Crippen LogP contribution is 2.06. The fraction of sp³-hybridized carbons (Fsp3) is 0.375. The van der Waals surface area contributed by atoms with Crippen LogP contribution in [0.2, 0.25) is 0 Å². The SMILES string of the molecule is COC(Cc1ccco1)C(=O)O. The van der Waals surface area contributed by atoms with Gasteiger partial charge in [-0.15, -0.1) is 0 Å². The third kappa shape index (κ3) is 2.10. The van der Waals surface area contributed by atoms with E-state index in [2.05, 4.69) is 0 Å². The maximum Gasteiger partial charge on any atom is 0.333 e. The zero-order chi connectivity index (χ0) is 8.97. The number of furan rings is 1. The number of rotatable bonds is 4. The summed E-state index contributed by atoms with van der Waals surface area (Å²) in [6, 6.07) is 3.43. The van der Waals surface area contributed by atoms with Gasteiger partial charge in [0.15, 0.2) is 6.10 Å². The highest BCUT2D eigenvalue weighted by Gasteiger charge is 2.17. The standard InChI is InChI=1S/C8H10O4/c1-11-7(8(9)10)5-6-3-2-4-12-6/h2-4,7H,5H2,1H3,(H,9,10). The van der Waals surface area contributed by atoms with Gasteiger partial charge < -0.3 is 14.3 Å². The first kappa shape index (κ1) is 8.80. The molecule has 0 aromatic carbocycles. The molecule has 1 atom stereocenters. The Kier molecular flexibility index (Phi) is 2.88. The molecule has 1 unspecified atom stereocenters. The Balaban J connectivity index is 2.54. The van der Waals surface area contributed by atoms with E-state index < -0.39 is 12.1 Å². The van der Waals surface area contributed by atoms with Gasteiger partial charge in [-0.05, 0) is 12.1 Å². The quantitative estimate of drug-likeness (QED) is 0.729. The minimum atomic E-state index is -0.978. The summed E-state index contributed by atoms with van der Waals surface area (Å²) in [7, 11) is 1.36. The van der Waals surface area contributed by atoms with Crippen LogP contribution < -0.4 is 0 Å². The molecule has 0 bridgehead atoms. The highest BCUT2D eigenvalue weighted by molar-refractivity contribution is 5.72. The topological polar surface area (TPSA) is 59.7 Å². The van der Waals surface area contributed by atoms with Crippen LogP contribution in [0.4, 0.5) is 0 Å². The van der Waals surface area contributed by atoms with E-state index in [-0.39, 0.29) is 6.42 Å². The molecule has 4 heteroatoms. The molecule has 1 heterocycles. The summed E-state index contributed by atoms with van der Waals surface area (Å²) in [4.78, 5) is 10.5. The van der Waals surface area contributed by atoms with Crippen molar-refractivity contribution in [2.45, 2.75) is 12.5 Å². The van der Waals surface area contributed by atoms with Gasteiger partial charge >= 0.3 is 5.97 Å². The molecule has 0 aliphatic carbocycles. The molecule has 1 aromatic heterocycles. The molecular weight excluding hydrogens is 160 g/mol. The second-order valence-electron chi connectivity index (χ2n) is 2.35. The van der Waals surface area contributed by atoms with E-state index in [1.165, 1.54) is 13.4 Å². The molecule has 1 rings (SSSR count). The zero-order valence-corrected chi connectivity index (χ0v) is 6.69. The van der Waals surface area contributed by atoms with Crippen molar-refractivity contribution in [1.29, 1.82) is 0 Å². The van der Waals surface area contributed by atoms with Crippen LogP contribution in [0, 0.1) is 0 Å². The summed E-state index contributed by atoms with van der Waals surface area (Å²) in [5.74, 6) is -0.363. The van der Waals surface area contributed by atoms with E-state index in [9.17, 15) is 4.79 Å². The predicted octanol–water partition coefficient (Wildman–Crippen LogP) is 0.922. The van der Waals surface area contributed by atoms with E-state index in [1.807, 2.05) is 0 Å². The van der Waals surface area contributed by atoms with Gasteiger partial charge in [0.2, 0.25) is 0 Å². The molecule has 0 aliphatic rings. The zero-order valence-electron chi connectivity index (χ0n) is 6.69. The number of hydrogen-bond acceptors (Lipinski definition) is 3. The Morgan fingerprint density at radius 3 is 3.00 bits per heavy atom. The Morgan fingerprint density at radius 1 is 1.83 bits per heavy atom. The van der Waals surface area contributed by atoms with Crippen molar-refractivity contribution in [1.82, 2.24) is 0 Å². The summed E-state index contributed by atoms with van der Waals surface area (Å²) in [6.45, 7) is 0. The number of ether oxygens (including phenoxy) is 1. The number of carbonyl (C=O) groups is 1. The Labute approximate surface area is 69.8 Å². The number of aliphatic carboxylic acids is 1. The van der Waals surface area contributed by atoms with Gasteiger partial charge in [0.1, 0.15) is 5.76 Å². The second kappa shape index (κ2) is 3.92. The average Bonchev–Trinajstić information content (AvgIpc) is 2.51. The fourth-order valence-corrected chi connectivity index (χ4v) is 0.883. The molecular formula is C8H10O4. The first-order chi connectivity index (χ1) is 5.74. The molecule has 0 amide bonds. The monoisotopic (exact) mass is 170 g/mol. The van der Waals surface area contributed by atoms with Crippen molar-refractivity contribution < 1.29 is 19.1 Å². The summed E-state index contributed by atoms with van der Waals surface area (Å²) in [6.07, 6.45) is 0.944. The molecule has 0 radical (unpaired) electrons. The van der Waals surface area contributed by atoms with Crippen molar-refractivity contribution in [2.24, 2.45) is 0 Å². The van der Waals surface area contributed by atoms with Gasteiger partial charge in [0.05, 0.1) is 6.26 Å². The molecule has 0 saturated heterocycles. The first-order valence-electron chi connectivity index (χ1n) is 3.52. The predicted molar refractivity (Wildman–Crippen MR) is 40.8 cm³/mol. The highest BCUT2D eigenvalue weighted by atomic mass is 16.5. The van der Waals surface area contributed by atoms with Crippen LogP contribution in [0.15, 0.2) is 22.8 Å². The van der Waals surface area contributed by atoms with Crippen molar-refractivity contribution in [3.63, 3.8) is 0 Å². The third-order valence-corrected chi connectivity index (χ3v) is 1.53. The van der Waals surface area contributed by atoms with Gasteiger partial charge in [0, 0.05) is 13.5 Å². The van der Waals surface area contributed by atoms with Crippen molar-refractivity contribution in [2.75, 3.05) is 7.11 Å². The van der Waals surface area contributed by atoms with E-state index in [0.717, 1.165) is 0 Å². The summed E-state index contributed by atoms with van der Waals surface area (Å²) in [5, 5.41) is 8.61. The lowest BCUT2D eigenvalue weighted by Crippen LogP contribution is -2.24. The van der Waals surface area contributed by atoms with Gasteiger partial charge in [-0.3, -0.25) is 0 Å². The maximum absolute atomic E-state index is 10.5. The van der Waals surface area contributed by atoms with E-state index in [4.69, 9.17) is 14.3 Å². The van der Waals surface area contributed by atoms with E-state index in [1.54, 1.807) is 12.1 Å². The lowest BCUT2D eigenvalue weighted by Gasteiger charge is -2.07. The number of hydrogen-bond donors (Lipinski definition) is 1. The van der Waals surface area contributed by atoms with Crippen LogP contribution in [0.1, 0.15) is 5.76 Å². The summed E-state index contributed by atoms with van der Waals surface area (Å²) in [5.41, 5.74) is 0. The number of carboxylic acids is 1. The number of methoxy groups -OCH3 is 1. The van der Waals surface area contributed by atoms with Gasteiger partial charge in [-0.2, -0.15) is 0 Å². The molecule has 0 aliphatic heterocycles. The van der Waals surface area contributed by atoms with Crippen LogP contribution in [-0.2, 0) is 16.0 Å². The molecule has 1 aromatic rings. The Bertz CT molecular complexity index is 240. The van der Waals surface area contributed by atoms with Crippen LogP contribution in [0.3, 0.4) is 0 Å². The molecule has 1 N–H and O–H groups in total. The lowest BCUT2D eigenvalue weighted by molar-refractivity contribution is -0.148. The molecule has 0 fully saturated rings. The smallest absolute Gasteiger partial charge is 0.333 e. The number of carboxylic acid groups (broad SMARTS) is 1. The Hall–Kier alpha value is -1.29. The van der Waals surface area contributed by atoms with Gasteiger partial charge in [-0.25, -0.2) is 4.79 Å². The normalized spacial score (nSPS) is 12.8. The summed E-state index contributed by atoms with van der Waals surface area (Å²) >= 11 is 0. The third-order valence-electron chi connectivity index (χ3n) is 1.53. The largest absolute Gasteiger partial charge is 0.479 e. The average molecular weight is 170 g/mol.